The number of hydrogen-bond acceptors (Lipinski definition) is 4. The zero-order valence-corrected chi connectivity index (χ0v) is 42.6. The van der Waals surface area contributed by atoms with Gasteiger partial charge in [0.15, 0.2) is 11.2 Å². The molecule has 0 bridgehead atoms. The second-order valence-electron chi connectivity index (χ2n) is 20.8. The van der Waals surface area contributed by atoms with Crippen LogP contribution in [0.3, 0.4) is 0 Å². The predicted molar refractivity (Wildman–Crippen MR) is 300 cm³/mol. The molecule has 10 aromatic carbocycles. The van der Waals surface area contributed by atoms with Crippen LogP contribution >= 0.6 is 0 Å². The van der Waals surface area contributed by atoms with Crippen molar-refractivity contribution >= 4 is 110 Å². The summed E-state index contributed by atoms with van der Waals surface area (Å²) in [4.78, 5) is 5.05. The minimum Gasteiger partial charge on any atom is -0.454 e. The Hall–Kier alpha value is -7.56. The number of anilines is 6. The van der Waals surface area contributed by atoms with Crippen LogP contribution < -0.4 is 9.80 Å². The molecule has 0 spiro atoms. The van der Waals surface area contributed by atoms with E-state index >= 15 is 0 Å². The zero-order chi connectivity index (χ0) is 48.6. The van der Waals surface area contributed by atoms with Gasteiger partial charge in [-0.2, -0.15) is 0 Å². The molecule has 2 aromatic heterocycles. The van der Waals surface area contributed by atoms with Gasteiger partial charge in [-0.3, -0.25) is 0 Å². The van der Waals surface area contributed by atoms with Gasteiger partial charge in [0.05, 0.1) is 22.7 Å². The quantitative estimate of drug-likeness (QED) is 0.142. The first-order chi connectivity index (χ1) is 33.7. The first kappa shape index (κ1) is 43.7. The molecule has 0 saturated carbocycles. The normalized spacial score (nSPS) is 12.3. The van der Waals surface area contributed by atoms with Crippen molar-refractivity contribution in [2.45, 2.75) is 94.9 Å². The van der Waals surface area contributed by atoms with Crippen LogP contribution in [0.4, 0.5) is 34.1 Å². The molecule has 0 unspecified atom stereocenters. The van der Waals surface area contributed by atoms with E-state index in [4.69, 9.17) is 8.83 Å². The molecule has 70 heavy (non-hydrogen) atoms. The smallest absolute Gasteiger partial charge is 0.159 e. The molecule has 0 aliphatic carbocycles. The van der Waals surface area contributed by atoms with E-state index < -0.39 is 0 Å². The predicted octanol–water partition coefficient (Wildman–Crippen LogP) is 20.0. The second-order valence-corrected chi connectivity index (χ2v) is 20.8. The molecule has 0 atom stereocenters. The van der Waals surface area contributed by atoms with E-state index in [0.717, 1.165) is 89.1 Å². The van der Waals surface area contributed by atoms with Crippen LogP contribution in [0.2, 0.25) is 0 Å². The van der Waals surface area contributed by atoms with Gasteiger partial charge in [-0.05, 0) is 193 Å². The SMILES string of the molecule is Cc1cc(N(c2cc(C(C)C)c3ccc4c(N(c5cc(C)c(C)c(C)c5)c5c(C)ccc6c5oc5ccccc56)cc(C(C)C)c5ccc2c3c54)c2c(C)ccc3c2oc2ccccc23)cc(C)c1C. The van der Waals surface area contributed by atoms with E-state index in [1.165, 1.54) is 76.8 Å². The summed E-state index contributed by atoms with van der Waals surface area (Å²) >= 11 is 0. The molecule has 4 heteroatoms. The lowest BCUT2D eigenvalue weighted by Gasteiger charge is -2.33. The number of hydrogen-bond donors (Lipinski definition) is 0. The van der Waals surface area contributed by atoms with Crippen LogP contribution in [0.5, 0.6) is 0 Å². The molecular formula is C66H60N2O2. The fraction of sp³-hybridized carbons (Fsp3) is 0.212. The standard InChI is InChI=1S/C66H60N2O2/c1-35(2)55-33-57(67(45-29-39(7)43(11)40(8)30-45)63-37(5)21-23-51-47-17-13-15-19-59(47)69-65(51)63)53-28-26-50-56(36(3)4)34-58(54-27-25-49(55)61(53)62(50)54)68(46-31-41(9)44(12)42(10)32-46)64-38(6)22-24-52-48-18-14-16-20-60(48)70-66(52)64/h13-36H,1-12H3. The molecule has 2 heterocycles. The highest BCUT2D eigenvalue weighted by atomic mass is 16.3. The second kappa shape index (κ2) is 16.0. The zero-order valence-electron chi connectivity index (χ0n) is 42.6. The molecule has 0 N–H and O–H groups in total. The van der Waals surface area contributed by atoms with Crippen LogP contribution in [0, 0.1) is 55.4 Å². The van der Waals surface area contributed by atoms with Crippen molar-refractivity contribution in [2.75, 3.05) is 9.80 Å². The number of para-hydroxylation sites is 2. The molecule has 12 aromatic rings. The van der Waals surface area contributed by atoms with Gasteiger partial charge in [0.1, 0.15) is 11.2 Å². The third kappa shape index (κ3) is 6.42. The lowest BCUT2D eigenvalue weighted by Crippen LogP contribution is -2.15. The van der Waals surface area contributed by atoms with Crippen molar-refractivity contribution in [1.29, 1.82) is 0 Å². The van der Waals surface area contributed by atoms with Crippen molar-refractivity contribution in [3.8, 4) is 0 Å². The van der Waals surface area contributed by atoms with Gasteiger partial charge in [0, 0.05) is 43.7 Å². The summed E-state index contributed by atoms with van der Waals surface area (Å²) in [5.41, 5.74) is 22.8. The molecule has 0 aliphatic rings. The molecule has 4 nitrogen and oxygen atoms in total. The molecular weight excluding hydrogens is 853 g/mol. The number of fused-ring (bicyclic) bond motifs is 6. The molecule has 0 saturated heterocycles. The monoisotopic (exact) mass is 912 g/mol. The molecule has 0 radical (unpaired) electrons. The van der Waals surface area contributed by atoms with Crippen molar-refractivity contribution in [1.82, 2.24) is 0 Å². The highest BCUT2D eigenvalue weighted by molar-refractivity contribution is 6.30. The van der Waals surface area contributed by atoms with Crippen LogP contribution in [-0.2, 0) is 0 Å². The molecule has 12 rings (SSSR count). The molecule has 0 aliphatic heterocycles. The fourth-order valence-corrected chi connectivity index (χ4v) is 11.7. The lowest BCUT2D eigenvalue weighted by molar-refractivity contribution is 0.668. The van der Waals surface area contributed by atoms with Crippen LogP contribution in [0.25, 0.3) is 76.2 Å². The summed E-state index contributed by atoms with van der Waals surface area (Å²) in [6.07, 6.45) is 0. The summed E-state index contributed by atoms with van der Waals surface area (Å²) in [6, 6.07) is 50.0. The minimum atomic E-state index is 0.238. The molecule has 0 fully saturated rings. The number of benzene rings is 10. The average Bonchev–Trinajstić information content (AvgIpc) is 3.91. The van der Waals surface area contributed by atoms with Crippen LogP contribution in [0.1, 0.15) is 95.2 Å². The Kier molecular flexibility index (Phi) is 9.99. The van der Waals surface area contributed by atoms with Gasteiger partial charge in [-0.15, -0.1) is 0 Å². The summed E-state index contributed by atoms with van der Waals surface area (Å²) in [7, 11) is 0. The maximum Gasteiger partial charge on any atom is 0.159 e. The number of aryl methyl sites for hydroxylation is 6. The van der Waals surface area contributed by atoms with Crippen molar-refractivity contribution in [2.24, 2.45) is 0 Å². The van der Waals surface area contributed by atoms with Gasteiger partial charge < -0.3 is 18.6 Å². The Labute approximate surface area is 411 Å². The van der Waals surface area contributed by atoms with E-state index in [-0.39, 0.29) is 11.8 Å². The van der Waals surface area contributed by atoms with E-state index in [2.05, 4.69) is 226 Å². The van der Waals surface area contributed by atoms with Gasteiger partial charge >= 0.3 is 0 Å². The van der Waals surface area contributed by atoms with Gasteiger partial charge in [0.2, 0.25) is 0 Å². The largest absolute Gasteiger partial charge is 0.454 e. The summed E-state index contributed by atoms with van der Waals surface area (Å²) in [5, 5.41) is 12.0. The van der Waals surface area contributed by atoms with Gasteiger partial charge in [0.25, 0.3) is 0 Å². The third-order valence-electron chi connectivity index (χ3n) is 15.9. The fourth-order valence-electron chi connectivity index (χ4n) is 11.7. The van der Waals surface area contributed by atoms with Crippen LogP contribution in [0.15, 0.2) is 142 Å². The van der Waals surface area contributed by atoms with Crippen molar-refractivity contribution < 1.29 is 8.83 Å². The minimum absolute atomic E-state index is 0.238. The number of furan rings is 2. The summed E-state index contributed by atoms with van der Waals surface area (Å²) in [6.45, 7) is 27.3. The summed E-state index contributed by atoms with van der Waals surface area (Å²) < 4.78 is 13.9. The maximum absolute atomic E-state index is 6.97. The van der Waals surface area contributed by atoms with E-state index in [0.29, 0.717) is 0 Å². The van der Waals surface area contributed by atoms with E-state index in [1.807, 2.05) is 0 Å². The average molecular weight is 913 g/mol. The van der Waals surface area contributed by atoms with Gasteiger partial charge in [-0.25, -0.2) is 0 Å². The van der Waals surface area contributed by atoms with E-state index in [9.17, 15) is 0 Å². The Bertz CT molecular complexity index is 3810. The first-order valence-electron chi connectivity index (χ1n) is 25.1. The Morgan fingerprint density at radius 2 is 0.686 bits per heavy atom. The Morgan fingerprint density at radius 1 is 0.343 bits per heavy atom. The first-order valence-corrected chi connectivity index (χ1v) is 25.1. The third-order valence-corrected chi connectivity index (χ3v) is 15.9. The lowest BCUT2D eigenvalue weighted by atomic mass is 9.83. The topological polar surface area (TPSA) is 32.8 Å². The highest BCUT2D eigenvalue weighted by Crippen LogP contribution is 2.54. The van der Waals surface area contributed by atoms with E-state index in [1.54, 1.807) is 0 Å². The summed E-state index contributed by atoms with van der Waals surface area (Å²) in [5.74, 6) is 0.476. The highest BCUT2D eigenvalue weighted by Gasteiger charge is 2.30. The van der Waals surface area contributed by atoms with Crippen molar-refractivity contribution in [3.63, 3.8) is 0 Å². The molecule has 0 amide bonds. The molecule has 346 valence electrons. The Morgan fingerprint density at radius 3 is 1.06 bits per heavy atom. The van der Waals surface area contributed by atoms with Crippen molar-refractivity contribution in [3.05, 3.63) is 189 Å². The van der Waals surface area contributed by atoms with Gasteiger partial charge in [-0.1, -0.05) is 113 Å². The number of nitrogens with zero attached hydrogens (tertiary/aromatic N) is 2. The Balaban J connectivity index is 1.24. The number of rotatable bonds is 8. The maximum atomic E-state index is 6.97. The van der Waals surface area contributed by atoms with Crippen LogP contribution in [-0.4, -0.2) is 0 Å².